The number of hydrogen-bond donors (Lipinski definition) is 1. The second-order valence-electron chi connectivity index (χ2n) is 6.44. The van der Waals surface area contributed by atoms with Crippen LogP contribution in [-0.4, -0.2) is 22.0 Å². The van der Waals surface area contributed by atoms with Gasteiger partial charge in [-0.15, -0.1) is 0 Å². The SMILES string of the molecule is CCn1c(CCCNC(=O)c2ccc(C)cc2C)nc2ccccc21. The number of aromatic nitrogens is 2. The van der Waals surface area contributed by atoms with Crippen molar-refractivity contribution in [2.75, 3.05) is 6.54 Å². The standard InChI is InChI=1S/C21H25N3O/c1-4-24-19-9-6-5-8-18(19)23-20(24)10-7-13-22-21(25)17-12-11-15(2)14-16(17)3/h5-6,8-9,11-12,14H,4,7,10,13H2,1-3H3,(H,22,25). The molecule has 0 atom stereocenters. The number of carbonyl (C=O) groups excluding carboxylic acids is 1. The van der Waals surface area contributed by atoms with Gasteiger partial charge in [-0.3, -0.25) is 4.79 Å². The number of amides is 1. The number of hydrogen-bond acceptors (Lipinski definition) is 2. The van der Waals surface area contributed by atoms with Crippen LogP contribution in [0.2, 0.25) is 0 Å². The molecule has 3 aromatic rings. The molecule has 0 aliphatic carbocycles. The number of rotatable bonds is 6. The average molecular weight is 335 g/mol. The molecule has 1 aromatic heterocycles. The van der Waals surface area contributed by atoms with Gasteiger partial charge in [0.2, 0.25) is 0 Å². The molecule has 3 rings (SSSR count). The summed E-state index contributed by atoms with van der Waals surface area (Å²) in [4.78, 5) is 17.1. The van der Waals surface area contributed by atoms with Gasteiger partial charge in [-0.2, -0.15) is 0 Å². The third-order valence-corrected chi connectivity index (χ3v) is 4.54. The molecule has 0 aliphatic heterocycles. The van der Waals surface area contributed by atoms with E-state index in [1.165, 1.54) is 11.1 Å². The second kappa shape index (κ2) is 7.51. The van der Waals surface area contributed by atoms with Crippen molar-refractivity contribution in [3.8, 4) is 0 Å². The number of aryl methyl sites for hydroxylation is 4. The van der Waals surface area contributed by atoms with Gasteiger partial charge >= 0.3 is 0 Å². The molecule has 0 unspecified atom stereocenters. The van der Waals surface area contributed by atoms with E-state index in [0.717, 1.165) is 41.9 Å². The monoisotopic (exact) mass is 335 g/mol. The molecule has 4 nitrogen and oxygen atoms in total. The van der Waals surface area contributed by atoms with Crippen molar-refractivity contribution < 1.29 is 4.79 Å². The first-order valence-electron chi connectivity index (χ1n) is 8.89. The van der Waals surface area contributed by atoms with Crippen LogP contribution in [0, 0.1) is 13.8 Å². The van der Waals surface area contributed by atoms with Crippen LogP contribution in [0.4, 0.5) is 0 Å². The first-order chi connectivity index (χ1) is 12.1. The lowest BCUT2D eigenvalue weighted by Gasteiger charge is -2.09. The zero-order chi connectivity index (χ0) is 17.8. The quantitative estimate of drug-likeness (QED) is 0.691. The van der Waals surface area contributed by atoms with E-state index in [-0.39, 0.29) is 5.91 Å². The molecular formula is C21H25N3O. The normalized spacial score (nSPS) is 11.0. The minimum Gasteiger partial charge on any atom is -0.352 e. The molecule has 0 radical (unpaired) electrons. The maximum absolute atomic E-state index is 12.3. The molecule has 4 heteroatoms. The van der Waals surface area contributed by atoms with Gasteiger partial charge in [0.1, 0.15) is 5.82 Å². The fraction of sp³-hybridized carbons (Fsp3) is 0.333. The Morgan fingerprint density at radius 3 is 2.72 bits per heavy atom. The van der Waals surface area contributed by atoms with E-state index >= 15 is 0 Å². The van der Waals surface area contributed by atoms with Gasteiger partial charge in [0.05, 0.1) is 11.0 Å². The molecule has 0 bridgehead atoms. The molecule has 0 fully saturated rings. The van der Waals surface area contributed by atoms with E-state index < -0.39 is 0 Å². The molecule has 1 N–H and O–H groups in total. The summed E-state index contributed by atoms with van der Waals surface area (Å²) in [5, 5.41) is 3.02. The smallest absolute Gasteiger partial charge is 0.251 e. The van der Waals surface area contributed by atoms with Gasteiger partial charge in [0.15, 0.2) is 0 Å². The summed E-state index contributed by atoms with van der Waals surface area (Å²) >= 11 is 0. The fourth-order valence-electron chi connectivity index (χ4n) is 3.28. The lowest BCUT2D eigenvalue weighted by molar-refractivity contribution is 0.0952. The molecular weight excluding hydrogens is 310 g/mol. The summed E-state index contributed by atoms with van der Waals surface area (Å²) in [6.45, 7) is 7.71. The van der Waals surface area contributed by atoms with Crippen LogP contribution in [0.3, 0.4) is 0 Å². The van der Waals surface area contributed by atoms with Gasteiger partial charge in [0.25, 0.3) is 5.91 Å². The molecule has 2 aromatic carbocycles. The van der Waals surface area contributed by atoms with E-state index in [1.807, 2.05) is 50.2 Å². The van der Waals surface area contributed by atoms with Crippen molar-refractivity contribution in [1.29, 1.82) is 0 Å². The molecule has 0 spiro atoms. The Kier molecular flexibility index (Phi) is 5.17. The zero-order valence-electron chi connectivity index (χ0n) is 15.2. The number of fused-ring (bicyclic) bond motifs is 1. The van der Waals surface area contributed by atoms with Crippen molar-refractivity contribution in [2.24, 2.45) is 0 Å². The number of para-hydroxylation sites is 2. The number of benzene rings is 2. The zero-order valence-corrected chi connectivity index (χ0v) is 15.2. The molecule has 130 valence electrons. The summed E-state index contributed by atoms with van der Waals surface area (Å²) < 4.78 is 2.25. The number of nitrogens with one attached hydrogen (secondary N) is 1. The molecule has 0 saturated carbocycles. The Hall–Kier alpha value is -2.62. The third-order valence-electron chi connectivity index (χ3n) is 4.54. The van der Waals surface area contributed by atoms with Crippen LogP contribution in [0.1, 0.15) is 40.7 Å². The molecule has 25 heavy (non-hydrogen) atoms. The lowest BCUT2D eigenvalue weighted by Crippen LogP contribution is -2.25. The summed E-state index contributed by atoms with van der Waals surface area (Å²) in [7, 11) is 0. The van der Waals surface area contributed by atoms with Crippen LogP contribution in [0.25, 0.3) is 11.0 Å². The van der Waals surface area contributed by atoms with Crippen molar-refractivity contribution in [2.45, 2.75) is 40.2 Å². The highest BCUT2D eigenvalue weighted by Gasteiger charge is 2.10. The Labute approximate surface area is 148 Å². The van der Waals surface area contributed by atoms with Crippen molar-refractivity contribution >= 4 is 16.9 Å². The Balaban J connectivity index is 1.59. The van der Waals surface area contributed by atoms with Gasteiger partial charge < -0.3 is 9.88 Å². The van der Waals surface area contributed by atoms with Crippen LogP contribution < -0.4 is 5.32 Å². The van der Waals surface area contributed by atoms with E-state index in [2.05, 4.69) is 22.9 Å². The van der Waals surface area contributed by atoms with Crippen LogP contribution in [0.5, 0.6) is 0 Å². The summed E-state index contributed by atoms with van der Waals surface area (Å²) in [5.74, 6) is 1.09. The van der Waals surface area contributed by atoms with Crippen molar-refractivity contribution in [3.05, 3.63) is 65.0 Å². The summed E-state index contributed by atoms with van der Waals surface area (Å²) in [5.41, 5.74) is 5.17. The highest BCUT2D eigenvalue weighted by atomic mass is 16.1. The fourth-order valence-corrected chi connectivity index (χ4v) is 3.28. The van der Waals surface area contributed by atoms with Crippen molar-refractivity contribution in [3.63, 3.8) is 0 Å². The van der Waals surface area contributed by atoms with Crippen LogP contribution in [-0.2, 0) is 13.0 Å². The number of carbonyl (C=O) groups is 1. The Morgan fingerprint density at radius 1 is 1.16 bits per heavy atom. The van der Waals surface area contributed by atoms with Gasteiger partial charge in [0, 0.05) is 25.1 Å². The van der Waals surface area contributed by atoms with E-state index in [0.29, 0.717) is 6.54 Å². The predicted molar refractivity (Wildman–Crippen MR) is 102 cm³/mol. The van der Waals surface area contributed by atoms with Gasteiger partial charge in [-0.25, -0.2) is 4.98 Å². The van der Waals surface area contributed by atoms with Gasteiger partial charge in [-0.1, -0.05) is 29.8 Å². The topological polar surface area (TPSA) is 46.9 Å². The first-order valence-corrected chi connectivity index (χ1v) is 8.89. The summed E-state index contributed by atoms with van der Waals surface area (Å²) in [6, 6.07) is 14.1. The molecule has 0 aliphatic rings. The van der Waals surface area contributed by atoms with Gasteiger partial charge in [-0.05, 0) is 51.0 Å². The maximum Gasteiger partial charge on any atom is 0.251 e. The maximum atomic E-state index is 12.3. The molecule has 0 saturated heterocycles. The summed E-state index contributed by atoms with van der Waals surface area (Å²) in [6.07, 6.45) is 1.73. The molecule has 1 heterocycles. The van der Waals surface area contributed by atoms with E-state index in [1.54, 1.807) is 0 Å². The van der Waals surface area contributed by atoms with E-state index in [9.17, 15) is 4.79 Å². The molecule has 1 amide bonds. The average Bonchev–Trinajstić information content (AvgIpc) is 2.95. The lowest BCUT2D eigenvalue weighted by atomic mass is 10.1. The van der Waals surface area contributed by atoms with E-state index in [4.69, 9.17) is 4.98 Å². The first kappa shape index (κ1) is 17.2. The largest absolute Gasteiger partial charge is 0.352 e. The minimum atomic E-state index is 0.00138. The predicted octanol–water partition coefficient (Wildman–Crippen LogP) is 4.04. The number of nitrogens with zero attached hydrogens (tertiary/aromatic N) is 2. The van der Waals surface area contributed by atoms with Crippen molar-refractivity contribution in [1.82, 2.24) is 14.9 Å². The second-order valence-corrected chi connectivity index (χ2v) is 6.44. The minimum absolute atomic E-state index is 0.00138. The Bertz CT molecular complexity index is 895. The van der Waals surface area contributed by atoms with Crippen LogP contribution in [0.15, 0.2) is 42.5 Å². The Morgan fingerprint density at radius 2 is 1.96 bits per heavy atom. The van der Waals surface area contributed by atoms with Crippen LogP contribution >= 0.6 is 0 Å². The number of imidazole rings is 1. The highest BCUT2D eigenvalue weighted by molar-refractivity contribution is 5.95. The highest BCUT2D eigenvalue weighted by Crippen LogP contribution is 2.17. The third kappa shape index (κ3) is 3.73.